The molecule has 1 heterocycles. The fraction of sp³-hybridized carbons (Fsp3) is 0.407. The summed E-state index contributed by atoms with van der Waals surface area (Å²) >= 11 is 0. The van der Waals surface area contributed by atoms with E-state index in [0.717, 1.165) is 44.6 Å². The number of fused-ring (bicyclic) bond motifs is 1. The van der Waals surface area contributed by atoms with Crippen LogP contribution in [0.2, 0.25) is 0 Å². The highest BCUT2D eigenvalue weighted by Gasteiger charge is 2.29. The van der Waals surface area contributed by atoms with Crippen LogP contribution in [0.5, 0.6) is 23.0 Å². The summed E-state index contributed by atoms with van der Waals surface area (Å²) < 4.78 is 11.0. The molecule has 2 aromatic carbocycles. The number of rotatable bonds is 12. The molecule has 2 atom stereocenters. The van der Waals surface area contributed by atoms with Crippen molar-refractivity contribution in [3.63, 3.8) is 0 Å². The van der Waals surface area contributed by atoms with Gasteiger partial charge in [0.25, 0.3) is 0 Å². The molecule has 0 saturated carbocycles. The van der Waals surface area contributed by atoms with Gasteiger partial charge in [-0.3, -0.25) is 4.79 Å². The van der Waals surface area contributed by atoms with E-state index in [1.54, 1.807) is 30.3 Å². The van der Waals surface area contributed by atoms with Crippen LogP contribution in [0.4, 0.5) is 0 Å². The zero-order valence-electron chi connectivity index (χ0n) is 19.8. The summed E-state index contributed by atoms with van der Waals surface area (Å²) in [5.41, 5.74) is -0.956. The Bertz CT molecular complexity index is 1190. The quantitative estimate of drug-likeness (QED) is 0.158. The summed E-state index contributed by atoms with van der Waals surface area (Å²) in [6.45, 7) is 2.13. The first kappa shape index (κ1) is 26.1. The molecule has 8 nitrogen and oxygen atoms in total. The number of aromatic hydroxyl groups is 3. The smallest absolute Gasteiger partial charge is 0.340 e. The summed E-state index contributed by atoms with van der Waals surface area (Å²) in [6, 6.07) is 10.5. The first-order chi connectivity index (χ1) is 16.8. The molecule has 0 aliphatic carbocycles. The summed E-state index contributed by atoms with van der Waals surface area (Å²) in [5, 5.41) is 40.8. The molecule has 3 rings (SSSR count). The van der Waals surface area contributed by atoms with E-state index in [0.29, 0.717) is 6.42 Å². The molecule has 35 heavy (non-hydrogen) atoms. The van der Waals surface area contributed by atoms with Crippen LogP contribution in [0.1, 0.15) is 70.0 Å². The van der Waals surface area contributed by atoms with Gasteiger partial charge in [0.15, 0.2) is 11.9 Å². The molecule has 0 spiro atoms. The molecule has 3 aromatic rings. The van der Waals surface area contributed by atoms with Gasteiger partial charge in [0.1, 0.15) is 28.2 Å². The lowest BCUT2D eigenvalue weighted by Gasteiger charge is -2.20. The fourth-order valence-corrected chi connectivity index (χ4v) is 4.13. The number of aliphatic hydroxyl groups is 1. The van der Waals surface area contributed by atoms with E-state index in [2.05, 4.69) is 6.92 Å². The number of carbonyl (C=O) groups is 1. The van der Waals surface area contributed by atoms with E-state index in [1.165, 1.54) is 6.07 Å². The van der Waals surface area contributed by atoms with E-state index in [1.807, 2.05) is 0 Å². The second-order valence-corrected chi connectivity index (χ2v) is 8.72. The van der Waals surface area contributed by atoms with E-state index in [4.69, 9.17) is 9.15 Å². The maximum atomic E-state index is 12.8. The SMILES string of the molecule is CCCCCCCCC(CC(O)C(=O)Oc1ccccc1)c1oc2cc(O)cc(O)c2c(=O)c1O. The van der Waals surface area contributed by atoms with E-state index < -0.39 is 34.9 Å². The second-order valence-electron chi connectivity index (χ2n) is 8.72. The van der Waals surface area contributed by atoms with Crippen LogP contribution in [0, 0.1) is 0 Å². The monoisotopic (exact) mass is 484 g/mol. The van der Waals surface area contributed by atoms with Crippen molar-refractivity contribution >= 4 is 16.9 Å². The van der Waals surface area contributed by atoms with Crippen molar-refractivity contribution in [3.8, 4) is 23.0 Å². The zero-order chi connectivity index (χ0) is 25.4. The van der Waals surface area contributed by atoms with Gasteiger partial charge in [-0.2, -0.15) is 0 Å². The predicted molar refractivity (Wildman–Crippen MR) is 131 cm³/mol. The predicted octanol–water partition coefficient (Wildman–Crippen LogP) is 5.10. The Balaban J connectivity index is 1.86. The Morgan fingerprint density at radius 3 is 2.40 bits per heavy atom. The third-order valence-corrected chi connectivity index (χ3v) is 5.98. The standard InChI is InChI=1S/C27H32O8/c1-2-3-4-5-6-8-11-17(14-21(30)27(33)34-19-12-9-7-10-13-19)26-25(32)24(31)23-20(29)15-18(28)16-22(23)35-26/h7,9-10,12-13,15-17,21,28-30,32H,2-6,8,11,14H2,1H3. The van der Waals surface area contributed by atoms with Crippen LogP contribution in [-0.2, 0) is 4.79 Å². The number of phenols is 2. The molecule has 0 aliphatic heterocycles. The Kier molecular flexibility index (Phi) is 9.14. The van der Waals surface area contributed by atoms with E-state index in [-0.39, 0.29) is 34.6 Å². The first-order valence-electron chi connectivity index (χ1n) is 12.0. The van der Waals surface area contributed by atoms with Crippen molar-refractivity contribution < 1.29 is 34.4 Å². The van der Waals surface area contributed by atoms with E-state index >= 15 is 0 Å². The molecule has 0 fully saturated rings. The minimum absolute atomic E-state index is 0.102. The number of carbonyl (C=O) groups excluding carboxylic acids is 1. The van der Waals surface area contributed by atoms with Gasteiger partial charge in [-0.1, -0.05) is 63.6 Å². The molecule has 4 N–H and O–H groups in total. The molecule has 0 saturated heterocycles. The lowest BCUT2D eigenvalue weighted by Crippen LogP contribution is -2.28. The maximum absolute atomic E-state index is 12.8. The summed E-state index contributed by atoms with van der Waals surface area (Å²) in [4.78, 5) is 25.3. The average molecular weight is 485 g/mol. The van der Waals surface area contributed by atoms with Gasteiger partial charge in [0, 0.05) is 18.1 Å². The Labute approximate surface area is 203 Å². The van der Waals surface area contributed by atoms with Crippen LogP contribution in [0.3, 0.4) is 0 Å². The molecule has 0 bridgehead atoms. The molecular weight excluding hydrogens is 452 g/mol. The van der Waals surface area contributed by atoms with Crippen molar-refractivity contribution in [2.24, 2.45) is 0 Å². The van der Waals surface area contributed by atoms with Crippen molar-refractivity contribution in [3.05, 3.63) is 58.4 Å². The van der Waals surface area contributed by atoms with Crippen LogP contribution in [0.15, 0.2) is 51.7 Å². The summed E-state index contributed by atoms with van der Waals surface area (Å²) in [5.74, 6) is -2.88. The molecule has 188 valence electrons. The molecule has 0 amide bonds. The fourth-order valence-electron chi connectivity index (χ4n) is 4.13. The largest absolute Gasteiger partial charge is 0.508 e. The van der Waals surface area contributed by atoms with Gasteiger partial charge in [0.2, 0.25) is 11.2 Å². The molecule has 2 unspecified atom stereocenters. The van der Waals surface area contributed by atoms with Gasteiger partial charge in [-0.15, -0.1) is 0 Å². The van der Waals surface area contributed by atoms with Crippen molar-refractivity contribution in [2.45, 2.75) is 70.3 Å². The lowest BCUT2D eigenvalue weighted by molar-refractivity contribution is -0.144. The lowest BCUT2D eigenvalue weighted by atomic mass is 9.91. The number of phenolic OH excluding ortho intramolecular Hbond substituents is 2. The summed E-state index contributed by atoms with van der Waals surface area (Å²) in [7, 11) is 0. The number of aliphatic hydroxyl groups excluding tert-OH is 1. The number of hydrogen-bond acceptors (Lipinski definition) is 8. The number of esters is 1. The van der Waals surface area contributed by atoms with Gasteiger partial charge >= 0.3 is 5.97 Å². The third-order valence-electron chi connectivity index (χ3n) is 5.98. The Morgan fingerprint density at radius 2 is 1.69 bits per heavy atom. The normalized spacial score (nSPS) is 13.0. The highest BCUT2D eigenvalue weighted by atomic mass is 16.5. The third kappa shape index (κ3) is 6.76. The van der Waals surface area contributed by atoms with Crippen molar-refractivity contribution in [1.29, 1.82) is 0 Å². The van der Waals surface area contributed by atoms with Gasteiger partial charge in [-0.25, -0.2) is 4.79 Å². The number of unbranched alkanes of at least 4 members (excludes halogenated alkanes) is 5. The Hall–Kier alpha value is -3.52. The highest BCUT2D eigenvalue weighted by molar-refractivity contribution is 5.86. The summed E-state index contributed by atoms with van der Waals surface area (Å²) in [6.07, 6.45) is 4.77. The van der Waals surface area contributed by atoms with Crippen LogP contribution in [-0.4, -0.2) is 32.5 Å². The number of ether oxygens (including phenoxy) is 1. The molecule has 1 aromatic heterocycles. The topological polar surface area (TPSA) is 137 Å². The van der Waals surface area contributed by atoms with Crippen molar-refractivity contribution in [2.75, 3.05) is 0 Å². The van der Waals surface area contributed by atoms with Gasteiger partial charge in [0.05, 0.1) is 0 Å². The number of benzene rings is 2. The van der Waals surface area contributed by atoms with Crippen LogP contribution in [0.25, 0.3) is 11.0 Å². The van der Waals surface area contributed by atoms with Crippen LogP contribution >= 0.6 is 0 Å². The minimum atomic E-state index is -1.53. The molecule has 8 heteroatoms. The van der Waals surface area contributed by atoms with Crippen LogP contribution < -0.4 is 10.2 Å². The average Bonchev–Trinajstić information content (AvgIpc) is 2.83. The minimum Gasteiger partial charge on any atom is -0.508 e. The molecule has 0 aliphatic rings. The second kappa shape index (κ2) is 12.3. The van der Waals surface area contributed by atoms with E-state index in [9.17, 15) is 30.0 Å². The number of para-hydroxylation sites is 1. The zero-order valence-corrected chi connectivity index (χ0v) is 19.8. The van der Waals surface area contributed by atoms with Crippen molar-refractivity contribution in [1.82, 2.24) is 0 Å². The number of hydrogen-bond donors (Lipinski definition) is 4. The Morgan fingerprint density at radius 1 is 1.00 bits per heavy atom. The van der Waals surface area contributed by atoms with Gasteiger partial charge in [-0.05, 0) is 25.0 Å². The molecular formula is C27H32O8. The molecule has 0 radical (unpaired) electrons. The maximum Gasteiger partial charge on any atom is 0.340 e. The first-order valence-corrected chi connectivity index (χ1v) is 12.0. The van der Waals surface area contributed by atoms with Gasteiger partial charge < -0.3 is 29.6 Å². The highest BCUT2D eigenvalue weighted by Crippen LogP contribution is 2.37.